The zero-order valence-corrected chi connectivity index (χ0v) is 36.7. The quantitative estimate of drug-likeness (QED) is 0.0596. The van der Waals surface area contributed by atoms with Crippen molar-refractivity contribution in [1.82, 2.24) is 45.7 Å². The highest BCUT2D eigenvalue weighted by Crippen LogP contribution is 2.34. The number of aromatic nitrogens is 6. The highest BCUT2D eigenvalue weighted by atomic mass is 32.1. The zero-order chi connectivity index (χ0) is 44.6. The van der Waals surface area contributed by atoms with Gasteiger partial charge < -0.3 is 36.0 Å². The van der Waals surface area contributed by atoms with Gasteiger partial charge in [0.05, 0.1) is 52.2 Å². The summed E-state index contributed by atoms with van der Waals surface area (Å²) < 4.78 is 7.35. The zero-order valence-electron chi connectivity index (χ0n) is 35.9. The SMILES string of the molecule is Cc1cc([C@H](C(=O)N2C[C@H](O)C[C@H]2C(=O)N[C@@H](CC(=O)NCCCCCCn2cc(-c3cc(-c4ccccc4O)nnc3N)cn2)c2ccc(-c3scnc3C)cc2)C(C)C)on1. The summed E-state index contributed by atoms with van der Waals surface area (Å²) in [5.74, 6) is -1.04. The Balaban J connectivity index is 0.935. The number of hydrogen-bond donors (Lipinski definition) is 5. The van der Waals surface area contributed by atoms with E-state index in [2.05, 4.69) is 36.1 Å². The molecule has 6 N–H and O–H groups in total. The molecule has 0 unspecified atom stereocenters. The van der Waals surface area contributed by atoms with E-state index in [1.807, 2.05) is 62.0 Å². The van der Waals surface area contributed by atoms with Crippen molar-refractivity contribution < 1.29 is 29.1 Å². The molecule has 63 heavy (non-hydrogen) atoms. The number of unbranched alkanes of at least 4 members (excludes halogenated alkanes) is 3. The van der Waals surface area contributed by atoms with E-state index in [1.54, 1.807) is 60.3 Å². The van der Waals surface area contributed by atoms with E-state index in [1.165, 1.54) is 4.90 Å². The van der Waals surface area contributed by atoms with Crippen LogP contribution in [0.3, 0.4) is 0 Å². The molecule has 1 aliphatic heterocycles. The monoisotopic (exact) mass is 874 g/mol. The third-order valence-electron chi connectivity index (χ3n) is 11.4. The van der Waals surface area contributed by atoms with Gasteiger partial charge in [0, 0.05) is 55.0 Å². The maximum Gasteiger partial charge on any atom is 0.243 e. The van der Waals surface area contributed by atoms with Crippen LogP contribution in [0.25, 0.3) is 32.8 Å². The van der Waals surface area contributed by atoms with Crippen molar-refractivity contribution in [2.75, 3.05) is 18.8 Å². The summed E-state index contributed by atoms with van der Waals surface area (Å²) in [5.41, 5.74) is 13.8. The van der Waals surface area contributed by atoms with Crippen LogP contribution in [0.4, 0.5) is 5.82 Å². The maximum atomic E-state index is 14.1. The highest BCUT2D eigenvalue weighted by Gasteiger charge is 2.43. The minimum atomic E-state index is -0.940. The summed E-state index contributed by atoms with van der Waals surface area (Å²) in [6, 6.07) is 16.5. The molecule has 0 saturated carbocycles. The number of β-amino-alcohol motifs (C(OH)–C–C–N with tert-alkyl or cyclic N) is 1. The number of nitrogen functional groups attached to an aromatic ring is 1. The molecule has 0 radical (unpaired) electrons. The first-order valence-corrected chi connectivity index (χ1v) is 22.2. The van der Waals surface area contributed by atoms with Crippen LogP contribution in [0.1, 0.15) is 87.0 Å². The second kappa shape index (κ2) is 20.2. The molecule has 0 bridgehead atoms. The van der Waals surface area contributed by atoms with Gasteiger partial charge in [0.25, 0.3) is 0 Å². The summed E-state index contributed by atoms with van der Waals surface area (Å²) in [4.78, 5) is 48.5. The van der Waals surface area contributed by atoms with Gasteiger partial charge in [-0.05, 0) is 61.9 Å². The molecule has 4 atom stereocenters. The van der Waals surface area contributed by atoms with Crippen LogP contribution in [0.15, 0.2) is 83.1 Å². The number of carbonyl (C=O) groups excluding carboxylic acids is 3. The molecule has 1 fully saturated rings. The van der Waals surface area contributed by atoms with Crippen LogP contribution in [-0.4, -0.2) is 88.2 Å². The molecular formula is C46H54N10O6S. The van der Waals surface area contributed by atoms with Gasteiger partial charge in [0.2, 0.25) is 17.7 Å². The summed E-state index contributed by atoms with van der Waals surface area (Å²) in [6.45, 7) is 8.71. The van der Waals surface area contributed by atoms with E-state index in [4.69, 9.17) is 10.3 Å². The van der Waals surface area contributed by atoms with E-state index in [0.717, 1.165) is 52.9 Å². The summed E-state index contributed by atoms with van der Waals surface area (Å²) >= 11 is 1.54. The predicted molar refractivity (Wildman–Crippen MR) is 239 cm³/mol. The molecule has 1 aliphatic rings. The minimum Gasteiger partial charge on any atom is -0.507 e. The Hall–Kier alpha value is -6.46. The number of para-hydroxylation sites is 1. The Morgan fingerprint density at radius 2 is 1.76 bits per heavy atom. The van der Waals surface area contributed by atoms with Gasteiger partial charge in [-0.3, -0.25) is 19.1 Å². The fourth-order valence-electron chi connectivity index (χ4n) is 8.03. The van der Waals surface area contributed by atoms with Gasteiger partial charge in [-0.15, -0.1) is 21.5 Å². The van der Waals surface area contributed by atoms with Gasteiger partial charge in [-0.2, -0.15) is 5.10 Å². The molecule has 16 nitrogen and oxygen atoms in total. The number of phenolic OH excluding ortho intramolecular Hbond substituents is 1. The van der Waals surface area contributed by atoms with E-state index >= 15 is 0 Å². The van der Waals surface area contributed by atoms with E-state index in [9.17, 15) is 24.6 Å². The third kappa shape index (κ3) is 10.8. The number of thiazole rings is 1. The molecule has 2 aromatic carbocycles. The topological polar surface area (TPSA) is 228 Å². The molecule has 5 heterocycles. The standard InChI is InChI=1S/C46H54N10O6S/c1-27(2)42(40-19-28(3)54-62-40)46(61)56-25-33(57)20-38(56)45(60)51-36(30-13-15-31(16-14-30)43-29(4)49-26-63-43)22-41(59)48-17-9-5-6-10-18-55-24-32(23-50-55)35-21-37(52-53-44(35)47)34-11-7-8-12-39(34)58/h7-8,11-16,19,21,23-24,26-27,33,36,38,42,57-58H,5-6,9-10,17-18,20,22,25H2,1-4H3,(H2,47,53)(H,48,59)(H,51,60)/t33-,36+,38+,42-/m1/s1. The van der Waals surface area contributed by atoms with Crippen molar-refractivity contribution in [1.29, 1.82) is 0 Å². The van der Waals surface area contributed by atoms with Gasteiger partial charge in [-0.25, -0.2) is 4.98 Å². The first-order valence-electron chi connectivity index (χ1n) is 21.3. The number of nitrogens with one attached hydrogen (secondary N) is 2. The average Bonchev–Trinajstić information content (AvgIpc) is 4.09. The molecule has 6 aromatic rings. The van der Waals surface area contributed by atoms with E-state index < -0.39 is 30.0 Å². The smallest absolute Gasteiger partial charge is 0.243 e. The van der Waals surface area contributed by atoms with Crippen LogP contribution < -0.4 is 16.4 Å². The molecule has 7 rings (SSSR count). The first-order chi connectivity index (χ1) is 30.4. The number of phenols is 1. The van der Waals surface area contributed by atoms with Gasteiger partial charge >= 0.3 is 0 Å². The third-order valence-corrected chi connectivity index (χ3v) is 12.3. The fourth-order valence-corrected chi connectivity index (χ4v) is 8.84. The number of nitrogens with zero attached hydrogens (tertiary/aromatic N) is 7. The molecule has 0 aliphatic carbocycles. The van der Waals surface area contributed by atoms with Crippen LogP contribution in [0.5, 0.6) is 5.75 Å². The van der Waals surface area contributed by atoms with Gasteiger partial charge in [-0.1, -0.05) is 68.2 Å². The van der Waals surface area contributed by atoms with E-state index in [0.29, 0.717) is 41.4 Å². The van der Waals surface area contributed by atoms with Crippen LogP contribution in [-0.2, 0) is 20.9 Å². The lowest BCUT2D eigenvalue weighted by Gasteiger charge is -2.30. The van der Waals surface area contributed by atoms with Gasteiger partial charge in [0.15, 0.2) is 5.82 Å². The second-order valence-electron chi connectivity index (χ2n) is 16.4. The minimum absolute atomic E-state index is 0.00541. The number of rotatable bonds is 18. The average molecular weight is 875 g/mol. The molecular weight excluding hydrogens is 821 g/mol. The number of amides is 3. The van der Waals surface area contributed by atoms with Crippen molar-refractivity contribution in [3.63, 3.8) is 0 Å². The lowest BCUT2D eigenvalue weighted by Crippen LogP contribution is -2.49. The molecule has 0 spiro atoms. The van der Waals surface area contributed by atoms with Crippen LogP contribution in [0, 0.1) is 19.8 Å². The van der Waals surface area contributed by atoms with Crippen molar-refractivity contribution in [2.24, 2.45) is 5.92 Å². The Morgan fingerprint density at radius 3 is 2.48 bits per heavy atom. The fraction of sp³-hybridized carbons (Fsp3) is 0.391. The molecule has 17 heteroatoms. The largest absolute Gasteiger partial charge is 0.507 e. The van der Waals surface area contributed by atoms with Crippen molar-refractivity contribution in [3.8, 4) is 38.6 Å². The molecule has 4 aromatic heterocycles. The summed E-state index contributed by atoms with van der Waals surface area (Å²) in [5, 5.41) is 43.9. The Kier molecular flexibility index (Phi) is 14.3. The summed E-state index contributed by atoms with van der Waals surface area (Å²) in [7, 11) is 0. The number of aryl methyl sites for hydroxylation is 3. The number of aliphatic hydroxyl groups excluding tert-OH is 1. The molecule has 1 saturated heterocycles. The number of hydrogen-bond acceptors (Lipinski definition) is 13. The van der Waals surface area contributed by atoms with Crippen molar-refractivity contribution >= 4 is 34.9 Å². The second-order valence-corrected chi connectivity index (χ2v) is 17.3. The number of aromatic hydroxyl groups is 1. The first kappa shape index (κ1) is 44.6. The predicted octanol–water partition coefficient (Wildman–Crippen LogP) is 6.35. The molecule has 330 valence electrons. The number of nitrogens with two attached hydrogens (primary N) is 1. The van der Waals surface area contributed by atoms with Crippen molar-refractivity contribution in [3.05, 3.63) is 101 Å². The Labute approximate surface area is 369 Å². The number of benzene rings is 2. The van der Waals surface area contributed by atoms with E-state index in [-0.39, 0.29) is 48.7 Å². The van der Waals surface area contributed by atoms with Crippen LogP contribution in [0.2, 0.25) is 0 Å². The number of carbonyl (C=O) groups is 3. The highest BCUT2D eigenvalue weighted by molar-refractivity contribution is 7.13. The van der Waals surface area contributed by atoms with Crippen molar-refractivity contribution in [2.45, 2.75) is 96.9 Å². The number of anilines is 1. The number of aliphatic hydroxyl groups is 1. The lowest BCUT2D eigenvalue weighted by atomic mass is 9.91. The lowest BCUT2D eigenvalue weighted by molar-refractivity contribution is -0.141. The number of likely N-dealkylation sites (tertiary alicyclic amines) is 1. The normalized spacial score (nSPS) is 16.0. The van der Waals surface area contributed by atoms with Crippen LogP contribution >= 0.6 is 11.3 Å². The Morgan fingerprint density at radius 1 is 0.984 bits per heavy atom. The molecule has 3 amide bonds. The summed E-state index contributed by atoms with van der Waals surface area (Å²) in [6.07, 6.45) is 6.26. The van der Waals surface area contributed by atoms with Gasteiger partial charge in [0.1, 0.15) is 23.5 Å². The Bertz CT molecular complexity index is 2520. The maximum absolute atomic E-state index is 14.1.